The van der Waals surface area contributed by atoms with Crippen LogP contribution in [-0.4, -0.2) is 53.7 Å². The van der Waals surface area contributed by atoms with Gasteiger partial charge in [-0.2, -0.15) is 0 Å². The molecule has 0 bridgehead atoms. The number of carbonyl (C=O) groups is 2. The van der Waals surface area contributed by atoms with Crippen LogP contribution in [-0.2, 0) is 9.59 Å². The number of rotatable bonds is 4. The molecule has 0 aromatic rings. The van der Waals surface area contributed by atoms with Crippen molar-refractivity contribution in [1.82, 2.24) is 9.80 Å². The predicted molar refractivity (Wildman–Crippen MR) is 56.5 cm³/mol. The van der Waals surface area contributed by atoms with Crippen molar-refractivity contribution in [3.05, 3.63) is 0 Å². The number of hydrogen-bond donors (Lipinski definition) is 0. The fourth-order valence-corrected chi connectivity index (χ4v) is 2.18. The lowest BCUT2D eigenvalue weighted by atomic mass is 10.1. The first kappa shape index (κ1) is 10.6. The summed E-state index contributed by atoms with van der Waals surface area (Å²) in [6.45, 7) is 4.18. The van der Waals surface area contributed by atoms with Crippen molar-refractivity contribution in [2.24, 2.45) is 0 Å². The van der Waals surface area contributed by atoms with Crippen LogP contribution in [0.3, 0.4) is 0 Å². The molecule has 1 aliphatic carbocycles. The summed E-state index contributed by atoms with van der Waals surface area (Å²) in [7, 11) is 0. The van der Waals surface area contributed by atoms with Gasteiger partial charge in [0.25, 0.3) is 0 Å². The second-order valence-corrected chi connectivity index (χ2v) is 4.55. The van der Waals surface area contributed by atoms with Gasteiger partial charge in [0.05, 0.1) is 6.54 Å². The van der Waals surface area contributed by atoms with Gasteiger partial charge in [0.1, 0.15) is 6.29 Å². The topological polar surface area (TPSA) is 40.6 Å². The van der Waals surface area contributed by atoms with Crippen LogP contribution in [0.5, 0.6) is 0 Å². The van der Waals surface area contributed by atoms with Gasteiger partial charge in [0, 0.05) is 31.6 Å². The van der Waals surface area contributed by atoms with Crippen molar-refractivity contribution in [2.45, 2.75) is 38.3 Å². The lowest BCUT2D eigenvalue weighted by molar-refractivity contribution is -0.139. The normalized spacial score (nSPS) is 28.2. The van der Waals surface area contributed by atoms with Crippen LogP contribution < -0.4 is 0 Å². The molecule has 1 heterocycles. The maximum atomic E-state index is 11.8. The summed E-state index contributed by atoms with van der Waals surface area (Å²) < 4.78 is 0. The third kappa shape index (κ3) is 2.37. The van der Waals surface area contributed by atoms with Gasteiger partial charge in [0.15, 0.2) is 0 Å². The van der Waals surface area contributed by atoms with Crippen LogP contribution in [0.15, 0.2) is 0 Å². The van der Waals surface area contributed by atoms with E-state index in [1.54, 1.807) is 0 Å². The van der Waals surface area contributed by atoms with E-state index in [9.17, 15) is 9.59 Å². The standard InChI is InChI=1S/C11H18N2O2/c1-9-7-13(10-3-4-10)11(15)8-12(9)5-2-6-14/h6,9-10H,2-5,7-8H2,1H3. The van der Waals surface area contributed by atoms with Crippen LogP contribution in [0.1, 0.15) is 26.2 Å². The summed E-state index contributed by atoms with van der Waals surface area (Å²) in [5.74, 6) is 0.237. The smallest absolute Gasteiger partial charge is 0.237 e. The molecular formula is C11H18N2O2. The molecule has 0 aromatic heterocycles. The van der Waals surface area contributed by atoms with E-state index >= 15 is 0 Å². The predicted octanol–water partition coefficient (Wildman–Crippen LogP) is 0.270. The van der Waals surface area contributed by atoms with E-state index < -0.39 is 0 Å². The highest BCUT2D eigenvalue weighted by Crippen LogP contribution is 2.29. The van der Waals surface area contributed by atoms with Gasteiger partial charge in [0.2, 0.25) is 5.91 Å². The Morgan fingerprint density at radius 3 is 2.80 bits per heavy atom. The Balaban J connectivity index is 1.90. The molecule has 1 atom stereocenters. The molecule has 1 saturated carbocycles. The Morgan fingerprint density at radius 1 is 1.47 bits per heavy atom. The van der Waals surface area contributed by atoms with E-state index in [0.29, 0.717) is 25.0 Å². The Kier molecular flexibility index (Phi) is 3.05. The molecule has 0 spiro atoms. The molecule has 84 valence electrons. The number of piperazine rings is 1. The Bertz CT molecular complexity index is 263. The van der Waals surface area contributed by atoms with Crippen LogP contribution in [0, 0.1) is 0 Å². The second kappa shape index (κ2) is 4.31. The van der Waals surface area contributed by atoms with Crippen LogP contribution in [0.25, 0.3) is 0 Å². The summed E-state index contributed by atoms with van der Waals surface area (Å²) in [4.78, 5) is 26.2. The molecule has 4 nitrogen and oxygen atoms in total. The highest BCUT2D eigenvalue weighted by Gasteiger charge is 2.37. The molecule has 15 heavy (non-hydrogen) atoms. The van der Waals surface area contributed by atoms with Crippen molar-refractivity contribution in [2.75, 3.05) is 19.6 Å². The third-order valence-corrected chi connectivity index (χ3v) is 3.26. The maximum absolute atomic E-state index is 11.8. The van der Waals surface area contributed by atoms with Crippen molar-refractivity contribution in [3.8, 4) is 0 Å². The van der Waals surface area contributed by atoms with Crippen molar-refractivity contribution in [1.29, 1.82) is 0 Å². The van der Waals surface area contributed by atoms with Crippen molar-refractivity contribution < 1.29 is 9.59 Å². The van der Waals surface area contributed by atoms with Gasteiger partial charge in [-0.15, -0.1) is 0 Å². The van der Waals surface area contributed by atoms with E-state index in [4.69, 9.17) is 0 Å². The highest BCUT2D eigenvalue weighted by molar-refractivity contribution is 5.79. The van der Waals surface area contributed by atoms with E-state index in [1.807, 2.05) is 4.90 Å². The fraction of sp³-hybridized carbons (Fsp3) is 0.818. The second-order valence-electron chi connectivity index (χ2n) is 4.55. The summed E-state index contributed by atoms with van der Waals surface area (Å²) in [6, 6.07) is 0.913. The molecule has 1 unspecified atom stereocenters. The van der Waals surface area contributed by atoms with Crippen molar-refractivity contribution in [3.63, 3.8) is 0 Å². The van der Waals surface area contributed by atoms with Gasteiger partial charge in [-0.3, -0.25) is 9.69 Å². The number of carbonyl (C=O) groups excluding carboxylic acids is 2. The SMILES string of the molecule is CC1CN(C2CC2)C(=O)CN1CCC=O. The summed E-state index contributed by atoms with van der Waals surface area (Å²) in [6.07, 6.45) is 3.80. The zero-order valence-corrected chi connectivity index (χ0v) is 9.19. The number of amides is 1. The quantitative estimate of drug-likeness (QED) is 0.625. The minimum Gasteiger partial charge on any atom is -0.337 e. The molecule has 1 amide bonds. The summed E-state index contributed by atoms with van der Waals surface area (Å²) in [5.41, 5.74) is 0. The molecular weight excluding hydrogens is 192 g/mol. The first-order valence-electron chi connectivity index (χ1n) is 5.69. The molecule has 0 N–H and O–H groups in total. The monoisotopic (exact) mass is 210 g/mol. The minimum absolute atomic E-state index is 0.237. The molecule has 2 fully saturated rings. The maximum Gasteiger partial charge on any atom is 0.237 e. The molecule has 4 heteroatoms. The molecule has 1 saturated heterocycles. The van der Waals surface area contributed by atoms with Gasteiger partial charge < -0.3 is 9.69 Å². The highest BCUT2D eigenvalue weighted by atomic mass is 16.2. The largest absolute Gasteiger partial charge is 0.337 e. The summed E-state index contributed by atoms with van der Waals surface area (Å²) >= 11 is 0. The molecule has 1 aliphatic heterocycles. The fourth-order valence-electron chi connectivity index (χ4n) is 2.18. The third-order valence-electron chi connectivity index (χ3n) is 3.26. The molecule has 0 aromatic carbocycles. The van der Waals surface area contributed by atoms with E-state index in [0.717, 1.165) is 19.4 Å². The zero-order valence-electron chi connectivity index (χ0n) is 9.19. The van der Waals surface area contributed by atoms with Gasteiger partial charge >= 0.3 is 0 Å². The molecule has 2 rings (SSSR count). The van der Waals surface area contributed by atoms with Crippen LogP contribution in [0.4, 0.5) is 0 Å². The van der Waals surface area contributed by atoms with E-state index in [-0.39, 0.29) is 5.91 Å². The van der Waals surface area contributed by atoms with E-state index in [2.05, 4.69) is 11.8 Å². The first-order valence-corrected chi connectivity index (χ1v) is 5.69. The van der Waals surface area contributed by atoms with Gasteiger partial charge in [-0.1, -0.05) is 0 Å². The van der Waals surface area contributed by atoms with Crippen LogP contribution in [0.2, 0.25) is 0 Å². The molecule has 0 radical (unpaired) electrons. The Labute approximate surface area is 90.2 Å². The summed E-state index contributed by atoms with van der Waals surface area (Å²) in [5, 5.41) is 0. The average molecular weight is 210 g/mol. The number of aldehydes is 1. The van der Waals surface area contributed by atoms with Crippen LogP contribution >= 0.6 is 0 Å². The average Bonchev–Trinajstić information content (AvgIpc) is 3.02. The van der Waals surface area contributed by atoms with Gasteiger partial charge in [-0.25, -0.2) is 0 Å². The Morgan fingerprint density at radius 2 is 2.20 bits per heavy atom. The number of hydrogen-bond acceptors (Lipinski definition) is 3. The minimum atomic E-state index is 0.237. The first-order chi connectivity index (χ1) is 7.22. The zero-order chi connectivity index (χ0) is 10.8. The number of nitrogens with zero attached hydrogens (tertiary/aromatic N) is 2. The lowest BCUT2D eigenvalue weighted by Crippen LogP contribution is -2.55. The lowest BCUT2D eigenvalue weighted by Gasteiger charge is -2.39. The van der Waals surface area contributed by atoms with Crippen molar-refractivity contribution >= 4 is 12.2 Å². The molecule has 2 aliphatic rings. The Hall–Kier alpha value is -0.900. The van der Waals surface area contributed by atoms with Gasteiger partial charge in [-0.05, 0) is 19.8 Å². The van der Waals surface area contributed by atoms with E-state index in [1.165, 1.54) is 12.8 Å².